The summed E-state index contributed by atoms with van der Waals surface area (Å²) in [6.07, 6.45) is 0. The Morgan fingerprint density at radius 3 is 1.56 bits per heavy atom. The maximum Gasteiger partial charge on any atom is 0.0726 e. The first-order valence-electron chi connectivity index (χ1n) is 16.7. The van der Waals surface area contributed by atoms with E-state index in [1.165, 1.54) is 72.1 Å². The zero-order chi connectivity index (χ0) is 31.7. The molecule has 2 aliphatic rings. The highest BCUT2D eigenvalue weighted by atomic mass is 15.1. The van der Waals surface area contributed by atoms with Crippen molar-refractivity contribution in [3.63, 3.8) is 0 Å². The van der Waals surface area contributed by atoms with E-state index in [-0.39, 0.29) is 5.41 Å². The number of rotatable bonds is 4. The van der Waals surface area contributed by atoms with Gasteiger partial charge in [0.05, 0.1) is 11.1 Å². The molecular weight excluding hydrogens is 579 g/mol. The first-order chi connectivity index (χ1) is 23.8. The Hall–Kier alpha value is -6.18. The Kier molecular flexibility index (Phi) is 5.86. The van der Waals surface area contributed by atoms with Gasteiger partial charge in [0.25, 0.3) is 0 Å². The third kappa shape index (κ3) is 3.73. The van der Waals surface area contributed by atoms with E-state index in [0.717, 1.165) is 11.4 Å². The molecule has 2 aliphatic carbocycles. The quantitative estimate of drug-likeness (QED) is 0.192. The topological polar surface area (TPSA) is 3.24 Å². The van der Waals surface area contributed by atoms with Gasteiger partial charge < -0.3 is 4.90 Å². The van der Waals surface area contributed by atoms with E-state index in [4.69, 9.17) is 0 Å². The van der Waals surface area contributed by atoms with Crippen LogP contribution in [0.25, 0.3) is 44.2 Å². The first kappa shape index (κ1) is 27.0. The predicted octanol–water partition coefficient (Wildman–Crippen LogP) is 12.3. The molecule has 0 saturated carbocycles. The van der Waals surface area contributed by atoms with Crippen molar-refractivity contribution in [2.45, 2.75) is 5.41 Å². The minimum atomic E-state index is -0.388. The second kappa shape index (κ2) is 10.4. The normalized spacial score (nSPS) is 13.2. The van der Waals surface area contributed by atoms with E-state index in [0.29, 0.717) is 0 Å². The number of anilines is 3. The molecule has 48 heavy (non-hydrogen) atoms. The van der Waals surface area contributed by atoms with Gasteiger partial charge in [-0.05, 0) is 91.2 Å². The average molecular weight is 610 g/mol. The summed E-state index contributed by atoms with van der Waals surface area (Å²) >= 11 is 0. The Morgan fingerprint density at radius 2 is 0.854 bits per heavy atom. The van der Waals surface area contributed by atoms with Crippen molar-refractivity contribution in [2.24, 2.45) is 0 Å². The van der Waals surface area contributed by atoms with Gasteiger partial charge >= 0.3 is 0 Å². The average Bonchev–Trinajstić information content (AvgIpc) is 3.64. The molecule has 0 heterocycles. The molecule has 8 aromatic rings. The van der Waals surface area contributed by atoms with Crippen molar-refractivity contribution in [1.82, 2.24) is 0 Å². The standard InChI is InChI=1S/C47H31N/c1-2-13-32(14-3-1)34-25-28-36(29-26-34)48(37-30-27-33-15-4-5-16-35(33)31-37)45-24-12-23-44-46(45)40-19-8-11-22-43(40)47(44)41-20-9-6-17-38(41)39-18-7-10-21-42(39)47/h1-31H. The molecule has 224 valence electrons. The molecule has 0 atom stereocenters. The van der Waals surface area contributed by atoms with Crippen LogP contribution in [-0.4, -0.2) is 0 Å². The minimum absolute atomic E-state index is 0.388. The van der Waals surface area contributed by atoms with Gasteiger partial charge in [-0.15, -0.1) is 0 Å². The van der Waals surface area contributed by atoms with Crippen molar-refractivity contribution >= 4 is 27.8 Å². The summed E-state index contributed by atoms with van der Waals surface area (Å²) < 4.78 is 0. The molecule has 0 saturated heterocycles. The van der Waals surface area contributed by atoms with Crippen LogP contribution in [-0.2, 0) is 5.41 Å². The summed E-state index contributed by atoms with van der Waals surface area (Å²) in [6, 6.07) is 69.2. The number of fused-ring (bicyclic) bond motifs is 11. The summed E-state index contributed by atoms with van der Waals surface area (Å²) in [4.78, 5) is 2.46. The van der Waals surface area contributed by atoms with E-state index < -0.39 is 0 Å². The summed E-state index contributed by atoms with van der Waals surface area (Å²) in [5, 5.41) is 2.46. The van der Waals surface area contributed by atoms with Crippen molar-refractivity contribution in [2.75, 3.05) is 4.90 Å². The number of hydrogen-bond acceptors (Lipinski definition) is 1. The van der Waals surface area contributed by atoms with Crippen LogP contribution in [0.3, 0.4) is 0 Å². The monoisotopic (exact) mass is 609 g/mol. The summed E-state index contributed by atoms with van der Waals surface area (Å²) in [5.74, 6) is 0. The van der Waals surface area contributed by atoms with E-state index >= 15 is 0 Å². The fourth-order valence-corrected chi connectivity index (χ4v) is 8.49. The van der Waals surface area contributed by atoms with Crippen LogP contribution in [0.2, 0.25) is 0 Å². The van der Waals surface area contributed by atoms with Crippen molar-refractivity contribution in [1.29, 1.82) is 0 Å². The SMILES string of the molecule is c1ccc(-c2ccc(N(c3ccc4ccccc4c3)c3cccc4c3-c3ccccc3C43c4ccccc4-c4ccccc43)cc2)cc1. The third-order valence-electron chi connectivity index (χ3n) is 10.5. The Morgan fingerprint density at radius 1 is 0.333 bits per heavy atom. The van der Waals surface area contributed by atoms with Gasteiger partial charge in [-0.1, -0.05) is 158 Å². The minimum Gasteiger partial charge on any atom is -0.310 e. The van der Waals surface area contributed by atoms with Gasteiger partial charge in [0.15, 0.2) is 0 Å². The van der Waals surface area contributed by atoms with Gasteiger partial charge in [0.1, 0.15) is 0 Å². The van der Waals surface area contributed by atoms with Gasteiger partial charge in [-0.3, -0.25) is 0 Å². The van der Waals surface area contributed by atoms with Crippen LogP contribution in [0.1, 0.15) is 22.3 Å². The van der Waals surface area contributed by atoms with Crippen LogP contribution in [0.5, 0.6) is 0 Å². The highest BCUT2D eigenvalue weighted by Crippen LogP contribution is 2.64. The van der Waals surface area contributed by atoms with Crippen molar-refractivity contribution in [3.8, 4) is 33.4 Å². The lowest BCUT2D eigenvalue weighted by Crippen LogP contribution is -2.26. The second-order valence-electron chi connectivity index (χ2n) is 12.9. The van der Waals surface area contributed by atoms with Gasteiger partial charge in [0.2, 0.25) is 0 Å². The largest absolute Gasteiger partial charge is 0.310 e. The fraction of sp³-hybridized carbons (Fsp3) is 0.0213. The van der Waals surface area contributed by atoms with Gasteiger partial charge in [0, 0.05) is 16.9 Å². The maximum absolute atomic E-state index is 2.46. The van der Waals surface area contributed by atoms with Crippen molar-refractivity contribution < 1.29 is 0 Å². The maximum atomic E-state index is 2.46. The lowest BCUT2D eigenvalue weighted by molar-refractivity contribution is 0.794. The Labute approximate surface area is 281 Å². The van der Waals surface area contributed by atoms with E-state index in [1.54, 1.807) is 0 Å². The zero-order valence-corrected chi connectivity index (χ0v) is 26.3. The molecule has 1 spiro atoms. The van der Waals surface area contributed by atoms with E-state index in [9.17, 15) is 0 Å². The molecule has 1 nitrogen and oxygen atoms in total. The zero-order valence-electron chi connectivity index (χ0n) is 26.3. The summed E-state index contributed by atoms with van der Waals surface area (Å²) in [7, 11) is 0. The molecule has 0 amide bonds. The molecule has 0 unspecified atom stereocenters. The Bertz CT molecular complexity index is 2460. The van der Waals surface area contributed by atoms with E-state index in [1.807, 2.05) is 0 Å². The van der Waals surface area contributed by atoms with Crippen LogP contribution < -0.4 is 4.90 Å². The number of hydrogen-bond donors (Lipinski definition) is 0. The summed E-state index contributed by atoms with van der Waals surface area (Å²) in [6.45, 7) is 0. The Balaban J connectivity index is 1.26. The first-order valence-corrected chi connectivity index (χ1v) is 16.7. The lowest BCUT2D eigenvalue weighted by atomic mass is 9.70. The van der Waals surface area contributed by atoms with Crippen LogP contribution in [0, 0.1) is 0 Å². The number of nitrogens with zero attached hydrogens (tertiary/aromatic N) is 1. The second-order valence-corrected chi connectivity index (χ2v) is 12.9. The van der Waals surface area contributed by atoms with Gasteiger partial charge in [-0.25, -0.2) is 0 Å². The van der Waals surface area contributed by atoms with Crippen LogP contribution >= 0.6 is 0 Å². The molecule has 10 rings (SSSR count). The molecule has 0 aliphatic heterocycles. The predicted molar refractivity (Wildman–Crippen MR) is 200 cm³/mol. The number of benzene rings is 8. The molecule has 0 aromatic heterocycles. The van der Waals surface area contributed by atoms with Gasteiger partial charge in [-0.2, -0.15) is 0 Å². The van der Waals surface area contributed by atoms with Crippen LogP contribution in [0.4, 0.5) is 17.1 Å². The smallest absolute Gasteiger partial charge is 0.0726 e. The molecule has 8 aromatic carbocycles. The third-order valence-corrected chi connectivity index (χ3v) is 10.5. The molecule has 0 N–H and O–H groups in total. The van der Waals surface area contributed by atoms with Crippen LogP contribution in [0.15, 0.2) is 188 Å². The highest BCUT2D eigenvalue weighted by Gasteiger charge is 2.52. The molecular formula is C47H31N. The highest BCUT2D eigenvalue weighted by molar-refractivity contribution is 6.01. The molecule has 0 fully saturated rings. The lowest BCUT2D eigenvalue weighted by Gasteiger charge is -2.32. The van der Waals surface area contributed by atoms with E-state index in [2.05, 4.69) is 193 Å². The fourth-order valence-electron chi connectivity index (χ4n) is 8.49. The molecule has 1 heteroatoms. The molecule has 0 radical (unpaired) electrons. The van der Waals surface area contributed by atoms with Crippen molar-refractivity contribution in [3.05, 3.63) is 210 Å². The molecule has 0 bridgehead atoms. The summed E-state index contributed by atoms with van der Waals surface area (Å²) in [5.41, 5.74) is 16.1.